The van der Waals surface area contributed by atoms with Crippen molar-refractivity contribution in [1.29, 1.82) is 0 Å². The normalized spacial score (nSPS) is 21.2. The van der Waals surface area contributed by atoms with Crippen LogP contribution in [0.4, 0.5) is 0 Å². The van der Waals surface area contributed by atoms with Gasteiger partial charge in [-0.3, -0.25) is 0 Å². The zero-order valence-electron chi connectivity index (χ0n) is 13.4. The zero-order valence-corrected chi connectivity index (χ0v) is 15.1. The van der Waals surface area contributed by atoms with Crippen LogP contribution in [0.15, 0.2) is 34.1 Å². The Morgan fingerprint density at radius 1 is 0.958 bits per heavy atom. The van der Waals surface area contributed by atoms with Gasteiger partial charge in [0.15, 0.2) is 0 Å². The largest absolute Gasteiger partial charge is 0.317 e. The summed E-state index contributed by atoms with van der Waals surface area (Å²) in [6.07, 6.45) is 3.00. The van der Waals surface area contributed by atoms with Crippen LogP contribution in [0.3, 0.4) is 0 Å². The van der Waals surface area contributed by atoms with Gasteiger partial charge in [0.25, 0.3) is 0 Å². The van der Waals surface area contributed by atoms with Crippen molar-refractivity contribution in [3.05, 3.63) is 24.3 Å². The SMILES string of the molecule is O=S(=O)(NC1CCNCC1)c1ccccc1S(=O)(=O)N1CCCC1. The molecule has 134 valence electrons. The molecule has 0 amide bonds. The van der Waals surface area contributed by atoms with Crippen molar-refractivity contribution < 1.29 is 16.8 Å². The predicted molar refractivity (Wildman–Crippen MR) is 90.6 cm³/mol. The molecule has 0 spiro atoms. The molecule has 9 heteroatoms. The Labute approximate surface area is 143 Å². The molecule has 7 nitrogen and oxygen atoms in total. The molecular weight excluding hydrogens is 350 g/mol. The molecular formula is C15H23N3O4S2. The first-order chi connectivity index (χ1) is 11.4. The van der Waals surface area contributed by atoms with E-state index in [2.05, 4.69) is 10.0 Å². The van der Waals surface area contributed by atoms with Gasteiger partial charge in [0, 0.05) is 19.1 Å². The fourth-order valence-corrected chi connectivity index (χ4v) is 6.80. The molecule has 0 atom stereocenters. The lowest BCUT2D eigenvalue weighted by Crippen LogP contribution is -2.43. The second kappa shape index (κ2) is 7.09. The fraction of sp³-hybridized carbons (Fsp3) is 0.600. The average Bonchev–Trinajstić information content (AvgIpc) is 3.11. The van der Waals surface area contributed by atoms with E-state index in [0.717, 1.165) is 25.9 Å². The standard InChI is InChI=1S/C15H23N3O4S2/c19-23(20,17-13-7-9-16-10-8-13)14-5-1-2-6-15(14)24(21,22)18-11-3-4-12-18/h1-2,5-6,13,16-17H,3-4,7-12H2. The van der Waals surface area contributed by atoms with Gasteiger partial charge in [0.05, 0.1) is 0 Å². The van der Waals surface area contributed by atoms with Crippen molar-refractivity contribution in [1.82, 2.24) is 14.3 Å². The molecule has 0 aromatic heterocycles. The first-order valence-corrected chi connectivity index (χ1v) is 11.2. The smallest absolute Gasteiger partial charge is 0.244 e. The van der Waals surface area contributed by atoms with Gasteiger partial charge in [-0.15, -0.1) is 0 Å². The maximum atomic E-state index is 12.8. The van der Waals surface area contributed by atoms with E-state index in [1.807, 2.05) is 0 Å². The van der Waals surface area contributed by atoms with Crippen LogP contribution in [-0.4, -0.2) is 53.4 Å². The predicted octanol–water partition coefficient (Wildman–Crippen LogP) is 0.501. The van der Waals surface area contributed by atoms with Crippen LogP contribution in [0.1, 0.15) is 25.7 Å². The second-order valence-corrected chi connectivity index (χ2v) is 9.79. The van der Waals surface area contributed by atoms with E-state index in [-0.39, 0.29) is 15.8 Å². The first kappa shape index (κ1) is 17.8. The Morgan fingerprint density at radius 2 is 1.54 bits per heavy atom. The van der Waals surface area contributed by atoms with Crippen molar-refractivity contribution in [2.45, 2.75) is 41.5 Å². The molecule has 24 heavy (non-hydrogen) atoms. The highest BCUT2D eigenvalue weighted by Gasteiger charge is 2.33. The van der Waals surface area contributed by atoms with Crippen LogP contribution >= 0.6 is 0 Å². The maximum Gasteiger partial charge on any atom is 0.244 e. The minimum absolute atomic E-state index is 0.131. The minimum atomic E-state index is -3.89. The number of nitrogens with zero attached hydrogens (tertiary/aromatic N) is 1. The van der Waals surface area contributed by atoms with E-state index in [0.29, 0.717) is 25.9 Å². The molecule has 0 bridgehead atoms. The summed E-state index contributed by atoms with van der Waals surface area (Å²) in [5, 5.41) is 3.18. The molecule has 2 saturated heterocycles. The zero-order chi connectivity index (χ0) is 17.2. The topological polar surface area (TPSA) is 95.6 Å². The highest BCUT2D eigenvalue weighted by atomic mass is 32.2. The van der Waals surface area contributed by atoms with Gasteiger partial charge in [-0.25, -0.2) is 21.6 Å². The van der Waals surface area contributed by atoms with Crippen molar-refractivity contribution in [3.8, 4) is 0 Å². The number of nitrogens with one attached hydrogen (secondary N) is 2. The summed E-state index contributed by atoms with van der Waals surface area (Å²) < 4.78 is 55.2. The van der Waals surface area contributed by atoms with Gasteiger partial charge < -0.3 is 5.32 Å². The van der Waals surface area contributed by atoms with Crippen molar-refractivity contribution >= 4 is 20.0 Å². The van der Waals surface area contributed by atoms with Gasteiger partial charge in [-0.2, -0.15) is 4.31 Å². The quantitative estimate of drug-likeness (QED) is 0.784. The van der Waals surface area contributed by atoms with Crippen LogP contribution in [0.25, 0.3) is 0 Å². The third-order valence-corrected chi connectivity index (χ3v) is 8.15. The molecule has 2 fully saturated rings. The summed E-state index contributed by atoms with van der Waals surface area (Å²) in [6, 6.07) is 5.70. The third kappa shape index (κ3) is 3.65. The summed E-state index contributed by atoms with van der Waals surface area (Å²) in [7, 11) is -7.68. The van der Waals surface area contributed by atoms with E-state index in [4.69, 9.17) is 0 Å². The molecule has 0 aliphatic carbocycles. The molecule has 2 N–H and O–H groups in total. The highest BCUT2D eigenvalue weighted by Crippen LogP contribution is 2.27. The summed E-state index contributed by atoms with van der Waals surface area (Å²) in [6.45, 7) is 2.39. The minimum Gasteiger partial charge on any atom is -0.317 e. The van der Waals surface area contributed by atoms with Crippen LogP contribution in [-0.2, 0) is 20.0 Å². The summed E-state index contributed by atoms with van der Waals surface area (Å²) in [4.78, 5) is -0.288. The number of piperidine rings is 1. The van der Waals surface area contributed by atoms with Gasteiger partial charge in [-0.1, -0.05) is 12.1 Å². The van der Waals surface area contributed by atoms with Crippen LogP contribution in [0, 0.1) is 0 Å². The van der Waals surface area contributed by atoms with Gasteiger partial charge >= 0.3 is 0 Å². The molecule has 3 rings (SSSR count). The van der Waals surface area contributed by atoms with Crippen molar-refractivity contribution in [3.63, 3.8) is 0 Å². The Hall–Kier alpha value is -1.00. The van der Waals surface area contributed by atoms with E-state index in [1.165, 1.54) is 16.4 Å². The maximum absolute atomic E-state index is 12.8. The van der Waals surface area contributed by atoms with Crippen molar-refractivity contribution in [2.24, 2.45) is 0 Å². The van der Waals surface area contributed by atoms with Gasteiger partial charge in [0.1, 0.15) is 9.79 Å². The molecule has 1 aromatic carbocycles. The fourth-order valence-electron chi connectivity index (χ4n) is 3.18. The Bertz CT molecular complexity index is 781. The van der Waals surface area contributed by atoms with Crippen molar-refractivity contribution in [2.75, 3.05) is 26.2 Å². The number of benzene rings is 1. The monoisotopic (exact) mass is 373 g/mol. The lowest BCUT2D eigenvalue weighted by Gasteiger charge is -2.24. The van der Waals surface area contributed by atoms with E-state index in [1.54, 1.807) is 12.1 Å². The number of hydrogen-bond donors (Lipinski definition) is 2. The second-order valence-electron chi connectivity index (χ2n) is 6.20. The number of rotatable bonds is 5. The first-order valence-electron chi connectivity index (χ1n) is 8.23. The van der Waals surface area contributed by atoms with Crippen LogP contribution < -0.4 is 10.0 Å². The van der Waals surface area contributed by atoms with E-state index >= 15 is 0 Å². The van der Waals surface area contributed by atoms with E-state index in [9.17, 15) is 16.8 Å². The summed E-state index contributed by atoms with van der Waals surface area (Å²) in [5.41, 5.74) is 0. The van der Waals surface area contributed by atoms with Gasteiger partial charge in [-0.05, 0) is 50.9 Å². The third-order valence-electron chi connectivity index (χ3n) is 4.48. The lowest BCUT2D eigenvalue weighted by molar-refractivity contribution is 0.426. The number of sulfonamides is 2. The molecule has 1 aromatic rings. The molecule has 0 unspecified atom stereocenters. The Morgan fingerprint density at radius 3 is 2.17 bits per heavy atom. The average molecular weight is 374 g/mol. The van der Waals surface area contributed by atoms with Crippen LogP contribution in [0.2, 0.25) is 0 Å². The molecule has 0 saturated carbocycles. The summed E-state index contributed by atoms with van der Waals surface area (Å²) in [5.74, 6) is 0. The Kier molecular flexibility index (Phi) is 5.26. The van der Waals surface area contributed by atoms with E-state index < -0.39 is 20.0 Å². The summed E-state index contributed by atoms with van der Waals surface area (Å²) >= 11 is 0. The highest BCUT2D eigenvalue weighted by molar-refractivity contribution is 7.92. The molecule has 2 aliphatic rings. The van der Waals surface area contributed by atoms with Gasteiger partial charge in [0.2, 0.25) is 20.0 Å². The molecule has 0 radical (unpaired) electrons. The van der Waals surface area contributed by atoms with Crippen LogP contribution in [0.5, 0.6) is 0 Å². The number of hydrogen-bond acceptors (Lipinski definition) is 5. The Balaban J connectivity index is 1.93. The molecule has 2 heterocycles. The molecule has 2 aliphatic heterocycles. The lowest BCUT2D eigenvalue weighted by atomic mass is 10.1.